The number of benzene rings is 2. The molecule has 0 unspecified atom stereocenters. The molecule has 0 amide bonds. The summed E-state index contributed by atoms with van der Waals surface area (Å²) in [7, 11) is 0. The van der Waals surface area contributed by atoms with Gasteiger partial charge in [0.2, 0.25) is 0 Å². The molecular formula is C16H17NO2. The standard InChI is InChI=1S/C16H17NO2/c1-11-8-12(10-17)2-4-14(11)13-3-5-15-16(9-13)19-7-6-18-15/h2-5,8-9H,6-7,10,17H2,1H3. The van der Waals surface area contributed by atoms with Crippen LogP contribution in [0, 0.1) is 6.92 Å². The van der Waals surface area contributed by atoms with Crippen molar-refractivity contribution in [2.24, 2.45) is 5.73 Å². The molecule has 2 aromatic carbocycles. The van der Waals surface area contributed by atoms with Gasteiger partial charge in [0.1, 0.15) is 13.2 Å². The maximum Gasteiger partial charge on any atom is 0.161 e. The number of hydrogen-bond acceptors (Lipinski definition) is 3. The van der Waals surface area contributed by atoms with Crippen molar-refractivity contribution in [1.29, 1.82) is 0 Å². The van der Waals surface area contributed by atoms with Gasteiger partial charge in [-0.05, 0) is 41.3 Å². The maximum atomic E-state index is 5.66. The van der Waals surface area contributed by atoms with E-state index in [1.807, 2.05) is 12.1 Å². The fourth-order valence-electron chi connectivity index (χ4n) is 2.39. The molecule has 3 rings (SSSR count). The fourth-order valence-corrected chi connectivity index (χ4v) is 2.39. The first-order valence-electron chi connectivity index (χ1n) is 6.47. The molecule has 0 radical (unpaired) electrons. The van der Waals surface area contributed by atoms with Gasteiger partial charge in [0.05, 0.1) is 0 Å². The molecule has 19 heavy (non-hydrogen) atoms. The van der Waals surface area contributed by atoms with Crippen molar-refractivity contribution >= 4 is 0 Å². The highest BCUT2D eigenvalue weighted by molar-refractivity contribution is 5.70. The smallest absolute Gasteiger partial charge is 0.161 e. The normalized spacial score (nSPS) is 13.4. The topological polar surface area (TPSA) is 44.5 Å². The van der Waals surface area contributed by atoms with Gasteiger partial charge in [-0.2, -0.15) is 0 Å². The molecule has 3 nitrogen and oxygen atoms in total. The van der Waals surface area contributed by atoms with Crippen LogP contribution in [-0.2, 0) is 6.54 Å². The monoisotopic (exact) mass is 255 g/mol. The molecule has 0 saturated carbocycles. The van der Waals surface area contributed by atoms with E-state index < -0.39 is 0 Å². The Bertz CT molecular complexity index is 608. The molecule has 0 fully saturated rings. The zero-order valence-corrected chi connectivity index (χ0v) is 11.0. The number of hydrogen-bond donors (Lipinski definition) is 1. The van der Waals surface area contributed by atoms with E-state index in [4.69, 9.17) is 15.2 Å². The van der Waals surface area contributed by atoms with Gasteiger partial charge in [0, 0.05) is 6.54 Å². The van der Waals surface area contributed by atoms with E-state index in [9.17, 15) is 0 Å². The molecule has 0 bridgehead atoms. The van der Waals surface area contributed by atoms with Crippen molar-refractivity contribution in [1.82, 2.24) is 0 Å². The van der Waals surface area contributed by atoms with Crippen molar-refractivity contribution in [2.75, 3.05) is 13.2 Å². The van der Waals surface area contributed by atoms with Crippen LogP contribution in [0.25, 0.3) is 11.1 Å². The number of fused-ring (bicyclic) bond motifs is 1. The quantitative estimate of drug-likeness (QED) is 0.897. The van der Waals surface area contributed by atoms with Crippen LogP contribution in [0.15, 0.2) is 36.4 Å². The third-order valence-electron chi connectivity index (χ3n) is 3.38. The third-order valence-corrected chi connectivity index (χ3v) is 3.38. The second-order valence-corrected chi connectivity index (χ2v) is 4.71. The minimum atomic E-state index is 0.572. The minimum absolute atomic E-state index is 0.572. The first-order valence-corrected chi connectivity index (χ1v) is 6.47. The number of ether oxygens (including phenoxy) is 2. The molecular weight excluding hydrogens is 238 g/mol. The van der Waals surface area contributed by atoms with Gasteiger partial charge in [-0.3, -0.25) is 0 Å². The van der Waals surface area contributed by atoms with Gasteiger partial charge in [0.15, 0.2) is 11.5 Å². The number of nitrogens with two attached hydrogens (primary N) is 1. The van der Waals surface area contributed by atoms with E-state index in [0.29, 0.717) is 19.8 Å². The van der Waals surface area contributed by atoms with Gasteiger partial charge in [-0.1, -0.05) is 24.3 Å². The lowest BCUT2D eigenvalue weighted by molar-refractivity contribution is 0.171. The van der Waals surface area contributed by atoms with Crippen LogP contribution in [0.1, 0.15) is 11.1 Å². The molecule has 98 valence electrons. The highest BCUT2D eigenvalue weighted by atomic mass is 16.6. The Morgan fingerprint density at radius 2 is 1.79 bits per heavy atom. The Kier molecular flexibility index (Phi) is 3.13. The van der Waals surface area contributed by atoms with E-state index >= 15 is 0 Å². The van der Waals surface area contributed by atoms with Crippen molar-refractivity contribution in [3.05, 3.63) is 47.5 Å². The summed E-state index contributed by atoms with van der Waals surface area (Å²) in [5.74, 6) is 1.65. The molecule has 1 aliphatic rings. The summed E-state index contributed by atoms with van der Waals surface area (Å²) < 4.78 is 11.2. The van der Waals surface area contributed by atoms with Gasteiger partial charge in [0.25, 0.3) is 0 Å². The molecule has 0 saturated heterocycles. The summed E-state index contributed by atoms with van der Waals surface area (Å²) in [5.41, 5.74) is 10.4. The van der Waals surface area contributed by atoms with Crippen LogP contribution >= 0.6 is 0 Å². The molecule has 2 N–H and O–H groups in total. The summed E-state index contributed by atoms with van der Waals surface area (Å²) in [5, 5.41) is 0. The summed E-state index contributed by atoms with van der Waals surface area (Å²) in [6.45, 7) is 3.91. The lowest BCUT2D eigenvalue weighted by Gasteiger charge is -2.19. The van der Waals surface area contributed by atoms with Crippen LogP contribution in [0.3, 0.4) is 0 Å². The Hall–Kier alpha value is -2.00. The van der Waals surface area contributed by atoms with Crippen LogP contribution in [0.5, 0.6) is 11.5 Å². The number of rotatable bonds is 2. The molecule has 0 atom stereocenters. The second-order valence-electron chi connectivity index (χ2n) is 4.71. The molecule has 1 aliphatic heterocycles. The van der Waals surface area contributed by atoms with Gasteiger partial charge >= 0.3 is 0 Å². The summed E-state index contributed by atoms with van der Waals surface area (Å²) in [4.78, 5) is 0. The van der Waals surface area contributed by atoms with Crippen molar-refractivity contribution in [2.45, 2.75) is 13.5 Å². The maximum absolute atomic E-state index is 5.66. The molecule has 0 aromatic heterocycles. The predicted octanol–water partition coefficient (Wildman–Crippen LogP) is 2.89. The van der Waals surface area contributed by atoms with Crippen molar-refractivity contribution in [3.8, 4) is 22.6 Å². The summed E-state index contributed by atoms with van der Waals surface area (Å²) in [6, 6.07) is 12.4. The molecule has 1 heterocycles. The van der Waals surface area contributed by atoms with Crippen LogP contribution in [0.2, 0.25) is 0 Å². The Labute approximate surface area is 113 Å². The zero-order valence-electron chi connectivity index (χ0n) is 11.0. The molecule has 3 heteroatoms. The van der Waals surface area contributed by atoms with E-state index in [2.05, 4.69) is 31.2 Å². The lowest BCUT2D eigenvalue weighted by atomic mass is 9.98. The van der Waals surface area contributed by atoms with E-state index in [1.165, 1.54) is 11.1 Å². The van der Waals surface area contributed by atoms with Crippen LogP contribution in [-0.4, -0.2) is 13.2 Å². The molecule has 0 spiro atoms. The van der Waals surface area contributed by atoms with Crippen molar-refractivity contribution < 1.29 is 9.47 Å². The highest BCUT2D eigenvalue weighted by Gasteiger charge is 2.13. The first kappa shape index (κ1) is 12.1. The van der Waals surface area contributed by atoms with Gasteiger partial charge < -0.3 is 15.2 Å². The molecule has 2 aromatic rings. The van der Waals surface area contributed by atoms with Crippen LogP contribution < -0.4 is 15.2 Å². The van der Waals surface area contributed by atoms with E-state index in [1.54, 1.807) is 0 Å². The first-order chi connectivity index (χ1) is 9.28. The second kappa shape index (κ2) is 4.94. The lowest BCUT2D eigenvalue weighted by Crippen LogP contribution is -2.15. The van der Waals surface area contributed by atoms with E-state index in [-0.39, 0.29) is 0 Å². The third kappa shape index (κ3) is 2.29. The average molecular weight is 255 g/mol. The van der Waals surface area contributed by atoms with Crippen molar-refractivity contribution in [3.63, 3.8) is 0 Å². The van der Waals surface area contributed by atoms with Gasteiger partial charge in [-0.15, -0.1) is 0 Å². The predicted molar refractivity (Wildman–Crippen MR) is 75.5 cm³/mol. The van der Waals surface area contributed by atoms with E-state index in [0.717, 1.165) is 22.6 Å². The SMILES string of the molecule is Cc1cc(CN)ccc1-c1ccc2c(c1)OCCO2. The largest absolute Gasteiger partial charge is 0.486 e. The van der Waals surface area contributed by atoms with Crippen LogP contribution in [0.4, 0.5) is 0 Å². The highest BCUT2D eigenvalue weighted by Crippen LogP contribution is 2.35. The Balaban J connectivity index is 2.02. The zero-order chi connectivity index (χ0) is 13.2. The summed E-state index contributed by atoms with van der Waals surface area (Å²) in [6.07, 6.45) is 0. The Morgan fingerprint density at radius 1 is 1.00 bits per heavy atom. The molecule has 0 aliphatic carbocycles. The number of aryl methyl sites for hydroxylation is 1. The Morgan fingerprint density at radius 3 is 2.53 bits per heavy atom. The fraction of sp³-hybridized carbons (Fsp3) is 0.250. The minimum Gasteiger partial charge on any atom is -0.486 e. The summed E-state index contributed by atoms with van der Waals surface area (Å²) >= 11 is 0. The van der Waals surface area contributed by atoms with Gasteiger partial charge in [-0.25, -0.2) is 0 Å². The average Bonchev–Trinajstić information content (AvgIpc) is 2.46.